The first-order valence-electron chi connectivity index (χ1n) is 5.87. The van der Waals surface area contributed by atoms with Crippen molar-refractivity contribution in [3.63, 3.8) is 0 Å². The van der Waals surface area contributed by atoms with Crippen molar-refractivity contribution in [3.8, 4) is 11.4 Å². The van der Waals surface area contributed by atoms with Crippen LogP contribution < -0.4 is 10.5 Å². The van der Waals surface area contributed by atoms with E-state index >= 15 is 0 Å². The second kappa shape index (κ2) is 4.93. The van der Waals surface area contributed by atoms with Crippen LogP contribution in [0.2, 0.25) is 0 Å². The molecule has 0 bridgehead atoms. The van der Waals surface area contributed by atoms with Gasteiger partial charge < -0.3 is 10.5 Å². The van der Waals surface area contributed by atoms with Gasteiger partial charge in [-0.15, -0.1) is 0 Å². The molecule has 0 aliphatic carbocycles. The molecule has 0 fully saturated rings. The standard InChI is InChI=1S/C14H11FIN3O/c1-20-13-6-8(15)2-4-12(13)19-11-5-3-9(16)7-10(11)18-14(19)17/h2-7H,1H3,(H2,17,18). The molecule has 4 nitrogen and oxygen atoms in total. The Morgan fingerprint density at radius 1 is 1.25 bits per heavy atom. The summed E-state index contributed by atoms with van der Waals surface area (Å²) in [5.74, 6) is 0.393. The maximum Gasteiger partial charge on any atom is 0.206 e. The van der Waals surface area contributed by atoms with Gasteiger partial charge in [0.15, 0.2) is 0 Å². The first kappa shape index (κ1) is 13.2. The Bertz CT molecular complexity index is 800. The average molecular weight is 383 g/mol. The van der Waals surface area contributed by atoms with Crippen LogP contribution in [0.3, 0.4) is 0 Å². The highest BCUT2D eigenvalue weighted by atomic mass is 127. The zero-order chi connectivity index (χ0) is 14.3. The van der Waals surface area contributed by atoms with Gasteiger partial charge in [-0.1, -0.05) is 0 Å². The Labute approximate surface area is 128 Å². The maximum absolute atomic E-state index is 13.3. The molecule has 0 saturated carbocycles. The third-order valence-electron chi connectivity index (χ3n) is 3.03. The molecule has 3 aromatic rings. The molecule has 0 saturated heterocycles. The van der Waals surface area contributed by atoms with Crippen molar-refractivity contribution in [2.24, 2.45) is 0 Å². The van der Waals surface area contributed by atoms with Gasteiger partial charge in [0, 0.05) is 9.64 Å². The van der Waals surface area contributed by atoms with Gasteiger partial charge in [0.05, 0.1) is 23.8 Å². The molecule has 2 aromatic carbocycles. The number of hydrogen-bond acceptors (Lipinski definition) is 3. The van der Waals surface area contributed by atoms with E-state index in [-0.39, 0.29) is 5.82 Å². The second-order valence-corrected chi connectivity index (χ2v) is 5.50. The summed E-state index contributed by atoms with van der Waals surface area (Å²) in [5.41, 5.74) is 8.31. The lowest BCUT2D eigenvalue weighted by Crippen LogP contribution is -2.03. The number of aromatic nitrogens is 2. The molecule has 3 rings (SSSR count). The summed E-state index contributed by atoms with van der Waals surface area (Å²) in [7, 11) is 1.50. The van der Waals surface area contributed by atoms with Crippen LogP contribution in [-0.4, -0.2) is 16.7 Å². The largest absolute Gasteiger partial charge is 0.494 e. The van der Waals surface area contributed by atoms with Crippen molar-refractivity contribution in [3.05, 3.63) is 45.8 Å². The summed E-state index contributed by atoms with van der Waals surface area (Å²) in [6.45, 7) is 0. The molecule has 0 atom stereocenters. The molecule has 102 valence electrons. The molecule has 1 aromatic heterocycles. The minimum absolute atomic E-state index is 0.340. The monoisotopic (exact) mass is 383 g/mol. The average Bonchev–Trinajstić information content (AvgIpc) is 2.73. The van der Waals surface area contributed by atoms with Crippen molar-refractivity contribution in [2.45, 2.75) is 0 Å². The summed E-state index contributed by atoms with van der Waals surface area (Å²) in [5, 5.41) is 0. The molecule has 6 heteroatoms. The Kier molecular flexibility index (Phi) is 3.25. The lowest BCUT2D eigenvalue weighted by atomic mass is 10.2. The Balaban J connectivity index is 2.32. The van der Waals surface area contributed by atoms with E-state index < -0.39 is 0 Å². The van der Waals surface area contributed by atoms with Crippen molar-refractivity contribution < 1.29 is 9.13 Å². The third kappa shape index (κ3) is 2.09. The van der Waals surface area contributed by atoms with E-state index in [9.17, 15) is 4.39 Å². The van der Waals surface area contributed by atoms with Crippen LogP contribution in [0.15, 0.2) is 36.4 Å². The lowest BCUT2D eigenvalue weighted by molar-refractivity contribution is 0.410. The molecular weight excluding hydrogens is 372 g/mol. The fourth-order valence-corrected chi connectivity index (χ4v) is 2.64. The molecule has 20 heavy (non-hydrogen) atoms. The molecule has 1 heterocycles. The van der Waals surface area contributed by atoms with Crippen LogP contribution in [-0.2, 0) is 0 Å². The topological polar surface area (TPSA) is 53.1 Å². The van der Waals surface area contributed by atoms with Gasteiger partial charge in [-0.2, -0.15) is 0 Å². The highest BCUT2D eigenvalue weighted by Crippen LogP contribution is 2.30. The minimum Gasteiger partial charge on any atom is -0.494 e. The number of imidazole rings is 1. The van der Waals surface area contributed by atoms with Gasteiger partial charge in [-0.3, -0.25) is 4.57 Å². The summed E-state index contributed by atoms with van der Waals surface area (Å²) < 4.78 is 21.4. The highest BCUT2D eigenvalue weighted by Gasteiger charge is 2.14. The van der Waals surface area contributed by atoms with Gasteiger partial charge in [0.1, 0.15) is 11.6 Å². The van der Waals surface area contributed by atoms with Crippen molar-refractivity contribution >= 4 is 39.6 Å². The van der Waals surface area contributed by atoms with E-state index in [2.05, 4.69) is 27.6 Å². The minimum atomic E-state index is -0.358. The number of anilines is 1. The number of hydrogen-bond donors (Lipinski definition) is 1. The van der Waals surface area contributed by atoms with Crippen molar-refractivity contribution in [1.29, 1.82) is 0 Å². The molecule has 0 amide bonds. The molecule has 0 aliphatic rings. The first-order chi connectivity index (χ1) is 9.60. The number of halogens is 2. The number of nitrogens with two attached hydrogens (primary N) is 1. The van der Waals surface area contributed by atoms with Crippen molar-refractivity contribution in [2.75, 3.05) is 12.8 Å². The summed E-state index contributed by atoms with van der Waals surface area (Å²) in [6.07, 6.45) is 0. The van der Waals surface area contributed by atoms with E-state index in [0.29, 0.717) is 17.4 Å². The van der Waals surface area contributed by atoms with E-state index in [0.717, 1.165) is 14.6 Å². The van der Waals surface area contributed by atoms with Gasteiger partial charge in [0.25, 0.3) is 0 Å². The number of methoxy groups -OCH3 is 1. The molecular formula is C14H11FIN3O. The molecule has 0 spiro atoms. The van der Waals surface area contributed by atoms with Crippen LogP contribution in [0, 0.1) is 9.39 Å². The van der Waals surface area contributed by atoms with Crippen LogP contribution in [0.4, 0.5) is 10.3 Å². The van der Waals surface area contributed by atoms with Gasteiger partial charge in [-0.05, 0) is 52.9 Å². The normalized spacial score (nSPS) is 10.9. The lowest BCUT2D eigenvalue weighted by Gasteiger charge is -2.11. The Morgan fingerprint density at radius 3 is 2.80 bits per heavy atom. The Morgan fingerprint density at radius 2 is 2.05 bits per heavy atom. The number of ether oxygens (including phenoxy) is 1. The number of fused-ring (bicyclic) bond motifs is 1. The highest BCUT2D eigenvalue weighted by molar-refractivity contribution is 14.1. The fraction of sp³-hybridized carbons (Fsp3) is 0.0714. The first-order valence-corrected chi connectivity index (χ1v) is 6.95. The van der Waals surface area contributed by atoms with E-state index in [1.165, 1.54) is 19.2 Å². The predicted molar refractivity (Wildman–Crippen MR) is 84.7 cm³/mol. The smallest absolute Gasteiger partial charge is 0.206 e. The van der Waals surface area contributed by atoms with Crippen LogP contribution in [0.5, 0.6) is 5.75 Å². The quantitative estimate of drug-likeness (QED) is 0.691. The van der Waals surface area contributed by atoms with Crippen LogP contribution in [0.1, 0.15) is 0 Å². The zero-order valence-corrected chi connectivity index (χ0v) is 12.8. The van der Waals surface area contributed by atoms with Gasteiger partial charge in [0.2, 0.25) is 5.95 Å². The number of benzene rings is 2. The third-order valence-corrected chi connectivity index (χ3v) is 3.70. The van der Waals surface area contributed by atoms with E-state index in [1.807, 2.05) is 18.2 Å². The SMILES string of the molecule is COc1cc(F)ccc1-n1c(N)nc2cc(I)ccc21. The summed E-state index contributed by atoms with van der Waals surface area (Å²) in [6, 6.07) is 10.2. The zero-order valence-electron chi connectivity index (χ0n) is 10.6. The van der Waals surface area contributed by atoms with Gasteiger partial charge in [-0.25, -0.2) is 9.37 Å². The van der Waals surface area contributed by atoms with Gasteiger partial charge >= 0.3 is 0 Å². The second-order valence-electron chi connectivity index (χ2n) is 4.25. The number of rotatable bonds is 2. The fourth-order valence-electron chi connectivity index (χ4n) is 2.16. The molecule has 0 unspecified atom stereocenters. The molecule has 0 radical (unpaired) electrons. The van der Waals surface area contributed by atoms with E-state index in [4.69, 9.17) is 10.5 Å². The van der Waals surface area contributed by atoms with Crippen LogP contribution >= 0.6 is 22.6 Å². The van der Waals surface area contributed by atoms with Crippen molar-refractivity contribution in [1.82, 2.24) is 9.55 Å². The number of nitrogens with zero attached hydrogens (tertiary/aromatic N) is 2. The maximum atomic E-state index is 13.3. The summed E-state index contributed by atoms with van der Waals surface area (Å²) in [4.78, 5) is 4.33. The van der Waals surface area contributed by atoms with Crippen LogP contribution in [0.25, 0.3) is 16.7 Å². The van der Waals surface area contributed by atoms with E-state index in [1.54, 1.807) is 10.6 Å². The predicted octanol–water partition coefficient (Wildman–Crippen LogP) is 3.36. The number of nitrogen functional groups attached to an aromatic ring is 1. The molecule has 0 aliphatic heterocycles. The Hall–Kier alpha value is -1.83. The molecule has 2 N–H and O–H groups in total. The summed E-state index contributed by atoms with van der Waals surface area (Å²) >= 11 is 2.22.